The van der Waals surface area contributed by atoms with Gasteiger partial charge in [-0.25, -0.2) is 4.39 Å². The third-order valence-corrected chi connectivity index (χ3v) is 2.62. The SMILES string of the molecule is CNCC(O)c1cc(C)c(Cl)c(O)c1F. The zero-order valence-electron chi connectivity index (χ0n) is 8.51. The van der Waals surface area contributed by atoms with E-state index in [9.17, 15) is 14.6 Å². The summed E-state index contributed by atoms with van der Waals surface area (Å²) in [7, 11) is 1.64. The van der Waals surface area contributed by atoms with E-state index in [1.165, 1.54) is 6.07 Å². The van der Waals surface area contributed by atoms with Crippen molar-refractivity contribution in [2.45, 2.75) is 13.0 Å². The fourth-order valence-corrected chi connectivity index (χ4v) is 1.46. The molecule has 0 aliphatic rings. The Kier molecular flexibility index (Phi) is 3.90. The summed E-state index contributed by atoms with van der Waals surface area (Å²) in [6.07, 6.45) is -1.00. The van der Waals surface area contributed by atoms with Gasteiger partial charge in [0.1, 0.15) is 0 Å². The Bertz CT molecular complexity index is 371. The zero-order chi connectivity index (χ0) is 11.6. The second-order valence-electron chi connectivity index (χ2n) is 3.33. The smallest absolute Gasteiger partial charge is 0.172 e. The number of aryl methyl sites for hydroxylation is 1. The Morgan fingerprint density at radius 1 is 1.60 bits per heavy atom. The van der Waals surface area contributed by atoms with Crippen molar-refractivity contribution in [3.8, 4) is 5.75 Å². The van der Waals surface area contributed by atoms with Gasteiger partial charge in [-0.2, -0.15) is 0 Å². The molecule has 15 heavy (non-hydrogen) atoms. The molecule has 0 fully saturated rings. The average molecular weight is 234 g/mol. The molecule has 0 aromatic heterocycles. The molecule has 1 rings (SSSR count). The molecule has 0 aliphatic carbocycles. The van der Waals surface area contributed by atoms with Crippen molar-refractivity contribution < 1.29 is 14.6 Å². The van der Waals surface area contributed by atoms with Crippen LogP contribution in [0.25, 0.3) is 0 Å². The highest BCUT2D eigenvalue weighted by Gasteiger charge is 2.19. The van der Waals surface area contributed by atoms with Crippen molar-refractivity contribution in [3.63, 3.8) is 0 Å². The summed E-state index contributed by atoms with van der Waals surface area (Å²) in [5.74, 6) is -1.48. The second kappa shape index (κ2) is 4.79. The minimum atomic E-state index is -1.00. The highest BCUT2D eigenvalue weighted by atomic mass is 35.5. The van der Waals surface area contributed by atoms with E-state index in [2.05, 4.69) is 5.32 Å². The monoisotopic (exact) mass is 233 g/mol. The summed E-state index contributed by atoms with van der Waals surface area (Å²) >= 11 is 5.65. The van der Waals surface area contributed by atoms with Crippen LogP contribution in [0.5, 0.6) is 5.75 Å². The lowest BCUT2D eigenvalue weighted by Gasteiger charge is -2.14. The number of phenolic OH excluding ortho intramolecular Hbond substituents is 1. The van der Waals surface area contributed by atoms with Crippen LogP contribution in [0.1, 0.15) is 17.2 Å². The van der Waals surface area contributed by atoms with Crippen LogP contribution in [0.2, 0.25) is 5.02 Å². The lowest BCUT2D eigenvalue weighted by molar-refractivity contribution is 0.172. The van der Waals surface area contributed by atoms with Crippen molar-refractivity contribution in [1.82, 2.24) is 5.32 Å². The van der Waals surface area contributed by atoms with E-state index in [4.69, 9.17) is 11.6 Å². The molecule has 0 amide bonds. The number of halogens is 2. The number of nitrogens with one attached hydrogen (secondary N) is 1. The van der Waals surface area contributed by atoms with Gasteiger partial charge < -0.3 is 15.5 Å². The van der Waals surface area contributed by atoms with Gasteiger partial charge in [-0.1, -0.05) is 11.6 Å². The number of aliphatic hydroxyl groups is 1. The molecule has 1 aromatic rings. The van der Waals surface area contributed by atoms with Gasteiger partial charge in [-0.05, 0) is 25.6 Å². The predicted molar refractivity (Wildman–Crippen MR) is 56.7 cm³/mol. The maximum Gasteiger partial charge on any atom is 0.172 e. The van der Waals surface area contributed by atoms with Gasteiger partial charge in [-0.3, -0.25) is 0 Å². The average Bonchev–Trinajstić information content (AvgIpc) is 2.20. The minimum absolute atomic E-state index is 0.0205. The minimum Gasteiger partial charge on any atom is -0.504 e. The molecule has 1 atom stereocenters. The van der Waals surface area contributed by atoms with Crippen LogP contribution in [0, 0.1) is 12.7 Å². The predicted octanol–water partition coefficient (Wildman–Crippen LogP) is 1.75. The van der Waals surface area contributed by atoms with Crippen LogP contribution in [-0.2, 0) is 0 Å². The van der Waals surface area contributed by atoms with Crippen molar-refractivity contribution in [2.24, 2.45) is 0 Å². The third kappa shape index (κ3) is 2.40. The molecule has 0 radical (unpaired) electrons. The molecule has 5 heteroatoms. The zero-order valence-corrected chi connectivity index (χ0v) is 9.27. The first-order valence-electron chi connectivity index (χ1n) is 4.49. The first-order chi connectivity index (χ1) is 6.99. The normalized spacial score (nSPS) is 12.9. The molecular formula is C10H13ClFNO2. The number of likely N-dealkylation sites (N-methyl/N-ethyl adjacent to an activating group) is 1. The Morgan fingerprint density at radius 2 is 2.20 bits per heavy atom. The van der Waals surface area contributed by atoms with Crippen LogP contribution >= 0.6 is 11.6 Å². The van der Waals surface area contributed by atoms with Crippen molar-refractivity contribution in [2.75, 3.05) is 13.6 Å². The quantitative estimate of drug-likeness (QED) is 0.746. The van der Waals surface area contributed by atoms with E-state index >= 15 is 0 Å². The fourth-order valence-electron chi connectivity index (χ4n) is 1.33. The number of rotatable bonds is 3. The van der Waals surface area contributed by atoms with Crippen LogP contribution in [-0.4, -0.2) is 23.8 Å². The van der Waals surface area contributed by atoms with Gasteiger partial charge in [0.05, 0.1) is 11.1 Å². The van der Waals surface area contributed by atoms with Gasteiger partial charge in [0.15, 0.2) is 11.6 Å². The van der Waals surface area contributed by atoms with E-state index in [1.807, 2.05) is 0 Å². The number of aromatic hydroxyl groups is 1. The molecule has 1 unspecified atom stereocenters. The summed E-state index contributed by atoms with van der Waals surface area (Å²) < 4.78 is 13.5. The van der Waals surface area contributed by atoms with E-state index in [0.29, 0.717) is 5.56 Å². The first kappa shape index (κ1) is 12.2. The van der Waals surface area contributed by atoms with Crippen LogP contribution < -0.4 is 5.32 Å². The van der Waals surface area contributed by atoms with Gasteiger partial charge in [-0.15, -0.1) is 0 Å². The van der Waals surface area contributed by atoms with Crippen molar-refractivity contribution in [1.29, 1.82) is 0 Å². The Hall–Kier alpha value is -0.840. The summed E-state index contributed by atoms with van der Waals surface area (Å²) in [6.45, 7) is 1.84. The third-order valence-electron chi connectivity index (χ3n) is 2.14. The molecule has 3 N–H and O–H groups in total. The number of benzene rings is 1. The molecule has 0 spiro atoms. The summed E-state index contributed by atoms with van der Waals surface area (Å²) in [4.78, 5) is 0. The lowest BCUT2D eigenvalue weighted by atomic mass is 10.0. The van der Waals surface area contributed by atoms with Crippen LogP contribution in [0.4, 0.5) is 4.39 Å². The van der Waals surface area contributed by atoms with Gasteiger partial charge >= 0.3 is 0 Å². The van der Waals surface area contributed by atoms with Gasteiger partial charge in [0.2, 0.25) is 0 Å². The van der Waals surface area contributed by atoms with E-state index in [1.54, 1.807) is 14.0 Å². The Labute approximate surface area is 92.5 Å². The fraction of sp³-hybridized carbons (Fsp3) is 0.400. The standard InChI is InChI=1S/C10H13ClFNO2/c1-5-3-6(7(14)4-13-2)9(12)10(15)8(5)11/h3,7,13-15H,4H2,1-2H3. The molecule has 0 heterocycles. The summed E-state index contributed by atoms with van der Waals surface area (Å²) in [5.41, 5.74) is 0.574. The number of hydrogen-bond donors (Lipinski definition) is 3. The maximum absolute atomic E-state index is 13.5. The molecule has 84 valence electrons. The van der Waals surface area contributed by atoms with Crippen LogP contribution in [0.3, 0.4) is 0 Å². The second-order valence-corrected chi connectivity index (χ2v) is 3.71. The van der Waals surface area contributed by atoms with E-state index in [-0.39, 0.29) is 17.1 Å². The van der Waals surface area contributed by atoms with E-state index in [0.717, 1.165) is 0 Å². The summed E-state index contributed by atoms with van der Waals surface area (Å²) in [6, 6.07) is 1.43. The number of aliphatic hydroxyl groups excluding tert-OH is 1. The van der Waals surface area contributed by atoms with Crippen LogP contribution in [0.15, 0.2) is 6.07 Å². The highest BCUT2D eigenvalue weighted by molar-refractivity contribution is 6.32. The highest BCUT2D eigenvalue weighted by Crippen LogP contribution is 2.34. The molecule has 0 saturated heterocycles. The largest absolute Gasteiger partial charge is 0.504 e. The number of hydrogen-bond acceptors (Lipinski definition) is 3. The molecule has 0 saturated carbocycles. The lowest BCUT2D eigenvalue weighted by Crippen LogP contribution is -2.17. The topological polar surface area (TPSA) is 52.5 Å². The first-order valence-corrected chi connectivity index (χ1v) is 4.87. The molecule has 0 bridgehead atoms. The van der Waals surface area contributed by atoms with Gasteiger partial charge in [0.25, 0.3) is 0 Å². The van der Waals surface area contributed by atoms with E-state index < -0.39 is 17.7 Å². The molecule has 0 aliphatic heterocycles. The Balaban J connectivity index is 3.19. The number of phenols is 1. The summed E-state index contributed by atoms with van der Waals surface area (Å²) in [5, 5.41) is 21.6. The molecular weight excluding hydrogens is 221 g/mol. The maximum atomic E-state index is 13.5. The van der Waals surface area contributed by atoms with Crippen molar-refractivity contribution >= 4 is 11.6 Å². The molecule has 3 nitrogen and oxygen atoms in total. The molecule has 1 aromatic carbocycles. The van der Waals surface area contributed by atoms with Gasteiger partial charge in [0, 0.05) is 12.1 Å². The Morgan fingerprint density at radius 3 is 2.73 bits per heavy atom. The van der Waals surface area contributed by atoms with Crippen molar-refractivity contribution in [3.05, 3.63) is 28.0 Å².